The topological polar surface area (TPSA) is 130 Å². The van der Waals surface area contributed by atoms with Crippen LogP contribution in [0.15, 0.2) is 11.2 Å². The van der Waals surface area contributed by atoms with Crippen molar-refractivity contribution in [1.29, 1.82) is 0 Å². The first-order valence-electron chi connectivity index (χ1n) is 5.53. The summed E-state index contributed by atoms with van der Waals surface area (Å²) in [5.41, 5.74) is 0.236. The molecule has 0 aromatic carbocycles. The number of aromatic carboxylic acids is 1. The number of anilines is 1. The number of hydrogen-bond donors (Lipinski definition) is 3. The second-order valence-corrected chi connectivity index (χ2v) is 5.82. The number of aryl methyl sites for hydroxylation is 2. The van der Waals surface area contributed by atoms with Gasteiger partial charge in [-0.2, -0.15) is 10.1 Å². The van der Waals surface area contributed by atoms with E-state index in [1.54, 1.807) is 0 Å². The molecule has 0 aliphatic rings. The molecule has 0 unspecified atom stereocenters. The summed E-state index contributed by atoms with van der Waals surface area (Å²) in [6, 6.07) is 0. The molecular weight excluding hydrogens is 286 g/mol. The van der Waals surface area contributed by atoms with Gasteiger partial charge in [0.05, 0.1) is 0 Å². The number of carboxylic acid groups (broad SMARTS) is 1. The molecule has 9 nitrogen and oxygen atoms in total. The molecule has 0 saturated carbocycles. The summed E-state index contributed by atoms with van der Waals surface area (Å²) in [7, 11) is -2.42. The zero-order valence-corrected chi connectivity index (χ0v) is 11.8. The lowest BCUT2D eigenvalue weighted by Gasteiger charge is -2.07. The molecule has 0 radical (unpaired) electrons. The number of sulfonamides is 1. The van der Waals surface area contributed by atoms with Crippen LogP contribution in [0.4, 0.5) is 5.95 Å². The van der Waals surface area contributed by atoms with Gasteiger partial charge in [-0.1, -0.05) is 0 Å². The number of nitrogens with zero attached hydrogens (tertiary/aromatic N) is 3. The monoisotopic (exact) mass is 299 g/mol. The van der Waals surface area contributed by atoms with Crippen molar-refractivity contribution in [2.75, 3.05) is 4.72 Å². The highest BCUT2D eigenvalue weighted by Crippen LogP contribution is 2.24. The summed E-state index contributed by atoms with van der Waals surface area (Å²) < 4.78 is 28.2. The van der Waals surface area contributed by atoms with E-state index in [9.17, 15) is 13.2 Å². The molecular formula is C10H13N5O4S. The Morgan fingerprint density at radius 3 is 2.55 bits per heavy atom. The fourth-order valence-electron chi connectivity index (χ4n) is 1.91. The number of H-pyrrole nitrogens is 1. The molecule has 0 fully saturated rings. The highest BCUT2D eigenvalue weighted by molar-refractivity contribution is 7.92. The first-order valence-corrected chi connectivity index (χ1v) is 7.01. The van der Waals surface area contributed by atoms with Crippen molar-refractivity contribution in [2.24, 2.45) is 7.05 Å². The summed E-state index contributed by atoms with van der Waals surface area (Å²) >= 11 is 0. The van der Waals surface area contributed by atoms with Crippen LogP contribution in [-0.2, 0) is 17.1 Å². The smallest absolute Gasteiger partial charge is 0.352 e. The van der Waals surface area contributed by atoms with Crippen LogP contribution in [0.5, 0.6) is 0 Å². The van der Waals surface area contributed by atoms with Gasteiger partial charge >= 0.3 is 5.97 Å². The number of carbonyl (C=O) groups is 1. The van der Waals surface area contributed by atoms with E-state index in [-0.39, 0.29) is 27.8 Å². The summed E-state index contributed by atoms with van der Waals surface area (Å²) in [4.78, 5) is 17.2. The van der Waals surface area contributed by atoms with Crippen LogP contribution in [0, 0.1) is 13.8 Å². The third-order valence-corrected chi connectivity index (χ3v) is 4.39. The zero-order chi connectivity index (χ0) is 15.1. The Labute approximate surface area is 114 Å². The van der Waals surface area contributed by atoms with E-state index in [0.717, 1.165) is 0 Å². The maximum absolute atomic E-state index is 12.3. The first kappa shape index (κ1) is 14.1. The van der Waals surface area contributed by atoms with Crippen molar-refractivity contribution in [3.63, 3.8) is 0 Å². The summed E-state index contributed by atoms with van der Waals surface area (Å²) in [6.07, 6.45) is 1.21. The third-order valence-electron chi connectivity index (χ3n) is 2.79. The second kappa shape index (κ2) is 4.63. The molecule has 2 aromatic heterocycles. The molecule has 0 saturated heterocycles. The average molecular weight is 299 g/mol. The Hall–Kier alpha value is -2.36. The van der Waals surface area contributed by atoms with Gasteiger partial charge in [0.1, 0.15) is 16.9 Å². The first-order chi connectivity index (χ1) is 9.24. The quantitative estimate of drug-likeness (QED) is 0.742. The highest BCUT2D eigenvalue weighted by atomic mass is 32.2. The van der Waals surface area contributed by atoms with Gasteiger partial charge in [-0.25, -0.2) is 22.6 Å². The van der Waals surface area contributed by atoms with E-state index < -0.39 is 16.0 Å². The van der Waals surface area contributed by atoms with Crippen molar-refractivity contribution in [3.05, 3.63) is 23.3 Å². The zero-order valence-electron chi connectivity index (χ0n) is 11.0. The van der Waals surface area contributed by atoms with E-state index >= 15 is 0 Å². The number of aromatic amines is 1. The molecule has 10 heteroatoms. The fourth-order valence-corrected chi connectivity index (χ4v) is 3.40. The van der Waals surface area contributed by atoms with Gasteiger partial charge in [0.25, 0.3) is 10.0 Å². The lowest BCUT2D eigenvalue weighted by atomic mass is 10.2. The van der Waals surface area contributed by atoms with Crippen molar-refractivity contribution in [1.82, 2.24) is 19.7 Å². The van der Waals surface area contributed by atoms with Crippen molar-refractivity contribution >= 4 is 21.9 Å². The number of nitrogens with one attached hydrogen (secondary N) is 2. The molecule has 0 aliphatic heterocycles. The van der Waals surface area contributed by atoms with E-state index in [4.69, 9.17) is 5.11 Å². The lowest BCUT2D eigenvalue weighted by molar-refractivity contribution is 0.0690. The van der Waals surface area contributed by atoms with E-state index in [1.165, 1.54) is 31.9 Å². The Balaban J connectivity index is 2.50. The fraction of sp³-hybridized carbons (Fsp3) is 0.300. The van der Waals surface area contributed by atoms with Gasteiger partial charge < -0.3 is 10.1 Å². The van der Waals surface area contributed by atoms with E-state index in [2.05, 4.69) is 19.8 Å². The summed E-state index contributed by atoms with van der Waals surface area (Å²) in [5.74, 6) is -1.17. The molecule has 2 rings (SSSR count). The molecule has 0 amide bonds. The van der Waals surface area contributed by atoms with E-state index in [0.29, 0.717) is 0 Å². The van der Waals surface area contributed by atoms with Gasteiger partial charge in [-0.15, -0.1) is 0 Å². The standard InChI is InChI=1S/C10H13N5O4S/c1-5-7(9(16)17)13-6(2)8(5)20(18,19)14-10-11-4-12-15(10)3/h4,13H,1-3H3,(H,16,17)(H,11,12,14). The Bertz CT molecular complexity index is 774. The Kier molecular flexibility index (Phi) is 3.26. The molecule has 20 heavy (non-hydrogen) atoms. The molecule has 0 bridgehead atoms. The van der Waals surface area contributed by atoms with Gasteiger partial charge in [0, 0.05) is 18.3 Å². The number of carboxylic acids is 1. The molecule has 0 atom stereocenters. The lowest BCUT2D eigenvalue weighted by Crippen LogP contribution is -2.17. The predicted octanol–water partition coefficient (Wildman–Crippen LogP) is 0.259. The molecule has 0 aliphatic carbocycles. The van der Waals surface area contributed by atoms with Crippen LogP contribution in [0.3, 0.4) is 0 Å². The molecule has 108 valence electrons. The minimum absolute atomic E-state index is 0.0434. The maximum atomic E-state index is 12.3. The van der Waals surface area contributed by atoms with Crippen LogP contribution in [0.25, 0.3) is 0 Å². The van der Waals surface area contributed by atoms with Gasteiger partial charge in [0.15, 0.2) is 0 Å². The van der Waals surface area contributed by atoms with E-state index in [1.807, 2.05) is 0 Å². The van der Waals surface area contributed by atoms with Crippen LogP contribution >= 0.6 is 0 Å². The largest absolute Gasteiger partial charge is 0.477 e. The Morgan fingerprint density at radius 1 is 1.45 bits per heavy atom. The number of hydrogen-bond acceptors (Lipinski definition) is 5. The number of rotatable bonds is 4. The minimum atomic E-state index is -3.95. The van der Waals surface area contributed by atoms with Gasteiger partial charge in [0.2, 0.25) is 5.95 Å². The van der Waals surface area contributed by atoms with Crippen molar-refractivity contribution in [3.8, 4) is 0 Å². The second-order valence-electron chi connectivity index (χ2n) is 4.20. The normalized spacial score (nSPS) is 11.6. The molecule has 2 heterocycles. The summed E-state index contributed by atoms with van der Waals surface area (Å²) in [5, 5.41) is 12.7. The SMILES string of the molecule is Cc1[nH]c(C(=O)O)c(C)c1S(=O)(=O)Nc1ncnn1C. The van der Waals surface area contributed by atoms with Crippen LogP contribution in [-0.4, -0.2) is 39.2 Å². The molecule has 0 spiro atoms. The molecule has 3 N–H and O–H groups in total. The Morgan fingerprint density at radius 2 is 2.10 bits per heavy atom. The van der Waals surface area contributed by atoms with Crippen molar-refractivity contribution in [2.45, 2.75) is 18.7 Å². The molecule has 2 aromatic rings. The van der Waals surface area contributed by atoms with Crippen LogP contribution in [0.2, 0.25) is 0 Å². The highest BCUT2D eigenvalue weighted by Gasteiger charge is 2.27. The average Bonchev–Trinajstić information content (AvgIpc) is 2.83. The summed E-state index contributed by atoms with van der Waals surface area (Å²) in [6.45, 7) is 2.92. The van der Waals surface area contributed by atoms with Gasteiger partial charge in [-0.3, -0.25) is 0 Å². The van der Waals surface area contributed by atoms with Gasteiger partial charge in [-0.05, 0) is 13.8 Å². The third kappa shape index (κ3) is 2.25. The van der Waals surface area contributed by atoms with Crippen LogP contribution < -0.4 is 4.72 Å². The predicted molar refractivity (Wildman–Crippen MR) is 69.0 cm³/mol. The van der Waals surface area contributed by atoms with Crippen molar-refractivity contribution < 1.29 is 18.3 Å². The maximum Gasteiger partial charge on any atom is 0.352 e. The van der Waals surface area contributed by atoms with Crippen LogP contribution in [0.1, 0.15) is 21.7 Å². The minimum Gasteiger partial charge on any atom is -0.477 e. The number of aromatic nitrogens is 4.